The topological polar surface area (TPSA) is 94.8 Å². The van der Waals surface area contributed by atoms with Crippen molar-refractivity contribution >= 4 is 10.1 Å². The minimum absolute atomic E-state index is 0.188. The second kappa shape index (κ2) is 7.13. The van der Waals surface area contributed by atoms with Crippen LogP contribution in [0.15, 0.2) is 0 Å². The van der Waals surface area contributed by atoms with Crippen LogP contribution in [-0.4, -0.2) is 74.3 Å². The zero-order chi connectivity index (χ0) is 11.8. The van der Waals surface area contributed by atoms with Gasteiger partial charge in [0.05, 0.1) is 33.6 Å². The van der Waals surface area contributed by atoms with Gasteiger partial charge in [-0.3, -0.25) is 4.55 Å². The molecule has 0 saturated heterocycles. The van der Waals surface area contributed by atoms with Gasteiger partial charge >= 0.3 is 0 Å². The third-order valence-electron chi connectivity index (χ3n) is 1.41. The van der Waals surface area contributed by atoms with Crippen LogP contribution >= 0.6 is 0 Å². The average molecular weight is 230 g/mol. The number of aliphatic hydroxyl groups is 2. The molecule has 0 aromatic heterocycles. The lowest BCUT2D eigenvalue weighted by atomic mass is 10.4. The molecule has 0 fully saturated rings. The summed E-state index contributed by atoms with van der Waals surface area (Å²) in [5.74, 6) is 0. The first kappa shape index (κ1) is 16.2. The minimum Gasteiger partial charge on any atom is -0.391 e. The fourth-order valence-electron chi connectivity index (χ4n) is 0.653. The van der Waals surface area contributed by atoms with Gasteiger partial charge in [-0.2, -0.15) is 8.42 Å². The summed E-state index contributed by atoms with van der Waals surface area (Å²) in [6, 6.07) is 0. The second-order valence-electron chi connectivity index (χ2n) is 3.56. The van der Waals surface area contributed by atoms with Crippen LogP contribution < -0.4 is 0 Å². The molecular formula is C7H20NO5S+. The van der Waals surface area contributed by atoms with Crippen molar-refractivity contribution in [2.45, 2.75) is 0 Å². The van der Waals surface area contributed by atoms with Crippen molar-refractivity contribution in [1.29, 1.82) is 0 Å². The number of hydrogen-bond donors (Lipinski definition) is 3. The SMILES string of the molecule is CS(=O)(=O)O.C[N+](C)(CCO)CCO. The monoisotopic (exact) mass is 230 g/mol. The Morgan fingerprint density at radius 1 is 1.07 bits per heavy atom. The summed E-state index contributed by atoms with van der Waals surface area (Å²) in [6.07, 6.45) is 0.715. The molecule has 6 nitrogen and oxygen atoms in total. The molecule has 88 valence electrons. The maximum Gasteiger partial charge on any atom is 0.261 e. The molecule has 0 aromatic carbocycles. The second-order valence-corrected chi connectivity index (χ2v) is 5.03. The van der Waals surface area contributed by atoms with Crippen molar-refractivity contribution in [2.24, 2.45) is 0 Å². The molecular weight excluding hydrogens is 210 g/mol. The Morgan fingerprint density at radius 2 is 1.29 bits per heavy atom. The Balaban J connectivity index is 0. The summed E-state index contributed by atoms with van der Waals surface area (Å²) in [5.41, 5.74) is 0. The third kappa shape index (κ3) is 22.6. The van der Waals surface area contributed by atoms with Gasteiger partial charge in [0.2, 0.25) is 0 Å². The highest BCUT2D eigenvalue weighted by atomic mass is 32.2. The quantitative estimate of drug-likeness (QED) is 0.406. The molecule has 0 aliphatic carbocycles. The van der Waals surface area contributed by atoms with Crippen LogP contribution in [0.4, 0.5) is 0 Å². The van der Waals surface area contributed by atoms with E-state index in [0.717, 1.165) is 0 Å². The maximum atomic E-state index is 9.19. The van der Waals surface area contributed by atoms with Gasteiger partial charge in [-0.15, -0.1) is 0 Å². The predicted octanol–water partition coefficient (Wildman–Crippen LogP) is -1.45. The minimum atomic E-state index is -3.67. The molecule has 0 heterocycles. The first-order valence-electron chi connectivity index (χ1n) is 4.08. The molecule has 3 N–H and O–H groups in total. The highest BCUT2D eigenvalue weighted by Crippen LogP contribution is 1.92. The van der Waals surface area contributed by atoms with E-state index in [1.165, 1.54) is 0 Å². The van der Waals surface area contributed by atoms with Crippen LogP contribution in [0.2, 0.25) is 0 Å². The molecule has 0 saturated carbocycles. The number of aliphatic hydroxyl groups excluding tert-OH is 2. The van der Waals surface area contributed by atoms with Crippen LogP contribution in [0.25, 0.3) is 0 Å². The Hall–Kier alpha value is -0.210. The first-order chi connectivity index (χ1) is 6.12. The number of nitrogens with zero attached hydrogens (tertiary/aromatic N) is 1. The Bertz CT molecular complexity index is 208. The molecule has 0 rings (SSSR count). The molecule has 0 aliphatic heterocycles. The Morgan fingerprint density at radius 3 is 1.43 bits per heavy atom. The highest BCUT2D eigenvalue weighted by molar-refractivity contribution is 7.85. The number of hydrogen-bond acceptors (Lipinski definition) is 4. The van der Waals surface area contributed by atoms with Gasteiger partial charge in [0, 0.05) is 0 Å². The highest BCUT2D eigenvalue weighted by Gasteiger charge is 2.11. The van der Waals surface area contributed by atoms with Crippen molar-refractivity contribution in [3.63, 3.8) is 0 Å². The fourth-order valence-corrected chi connectivity index (χ4v) is 0.653. The van der Waals surface area contributed by atoms with E-state index in [4.69, 9.17) is 14.8 Å². The average Bonchev–Trinajstić information content (AvgIpc) is 1.81. The Labute approximate surface area is 85.1 Å². The van der Waals surface area contributed by atoms with Gasteiger partial charge in [0.25, 0.3) is 10.1 Å². The normalized spacial score (nSPS) is 11.9. The maximum absolute atomic E-state index is 9.19. The van der Waals surface area contributed by atoms with E-state index in [1.807, 2.05) is 14.1 Å². The van der Waals surface area contributed by atoms with Crippen molar-refractivity contribution in [3.8, 4) is 0 Å². The van der Waals surface area contributed by atoms with E-state index in [9.17, 15) is 8.42 Å². The van der Waals surface area contributed by atoms with Crippen molar-refractivity contribution in [2.75, 3.05) is 46.7 Å². The van der Waals surface area contributed by atoms with Crippen LogP contribution in [-0.2, 0) is 10.1 Å². The lowest BCUT2D eigenvalue weighted by molar-refractivity contribution is -0.890. The predicted molar refractivity (Wildman–Crippen MR) is 53.5 cm³/mol. The summed E-state index contributed by atoms with van der Waals surface area (Å²) < 4.78 is 26.6. The van der Waals surface area contributed by atoms with Gasteiger partial charge in [-0.05, 0) is 0 Å². The molecule has 0 unspecified atom stereocenters. The van der Waals surface area contributed by atoms with E-state index in [0.29, 0.717) is 23.8 Å². The molecule has 0 radical (unpaired) electrons. The third-order valence-corrected chi connectivity index (χ3v) is 1.41. The number of rotatable bonds is 4. The number of likely N-dealkylation sites (N-methyl/N-ethyl adjacent to an activating group) is 1. The summed E-state index contributed by atoms with van der Waals surface area (Å²) in [5, 5.41) is 17.1. The van der Waals surface area contributed by atoms with E-state index in [-0.39, 0.29) is 13.2 Å². The van der Waals surface area contributed by atoms with Gasteiger partial charge in [0.15, 0.2) is 0 Å². The van der Waals surface area contributed by atoms with E-state index >= 15 is 0 Å². The lowest BCUT2D eigenvalue weighted by Gasteiger charge is -2.27. The molecule has 0 bridgehead atoms. The first-order valence-corrected chi connectivity index (χ1v) is 5.93. The molecule has 0 amide bonds. The fraction of sp³-hybridized carbons (Fsp3) is 1.00. The van der Waals surface area contributed by atoms with Crippen LogP contribution in [0.1, 0.15) is 0 Å². The van der Waals surface area contributed by atoms with E-state index in [2.05, 4.69) is 0 Å². The molecule has 7 heteroatoms. The zero-order valence-corrected chi connectivity index (χ0v) is 9.66. The largest absolute Gasteiger partial charge is 0.391 e. The summed E-state index contributed by atoms with van der Waals surface area (Å²) in [4.78, 5) is 0. The van der Waals surface area contributed by atoms with Crippen LogP contribution in [0, 0.1) is 0 Å². The lowest BCUT2D eigenvalue weighted by Crippen LogP contribution is -2.43. The number of quaternary nitrogens is 1. The van der Waals surface area contributed by atoms with Crippen LogP contribution in [0.5, 0.6) is 0 Å². The van der Waals surface area contributed by atoms with Gasteiger partial charge in [0.1, 0.15) is 13.1 Å². The van der Waals surface area contributed by atoms with Crippen LogP contribution in [0.3, 0.4) is 0 Å². The molecule has 0 aliphatic rings. The van der Waals surface area contributed by atoms with Crippen molar-refractivity contribution < 1.29 is 27.7 Å². The standard InChI is InChI=1S/C6H16NO2.CH4O3S/c1-7(2,3-5-8)4-6-9;1-5(2,3)4/h8-9H,3-6H2,1-2H3;1H3,(H,2,3,4)/q+1;. The van der Waals surface area contributed by atoms with E-state index < -0.39 is 10.1 Å². The summed E-state index contributed by atoms with van der Waals surface area (Å²) in [6.45, 7) is 1.79. The van der Waals surface area contributed by atoms with Crippen molar-refractivity contribution in [3.05, 3.63) is 0 Å². The van der Waals surface area contributed by atoms with Gasteiger partial charge < -0.3 is 14.7 Å². The van der Waals surface area contributed by atoms with E-state index in [1.54, 1.807) is 0 Å². The van der Waals surface area contributed by atoms with Crippen molar-refractivity contribution in [1.82, 2.24) is 0 Å². The summed E-state index contributed by atoms with van der Waals surface area (Å²) >= 11 is 0. The van der Waals surface area contributed by atoms with Gasteiger partial charge in [-0.1, -0.05) is 0 Å². The summed E-state index contributed by atoms with van der Waals surface area (Å²) in [7, 11) is 0.291. The zero-order valence-electron chi connectivity index (χ0n) is 8.84. The molecule has 0 atom stereocenters. The smallest absolute Gasteiger partial charge is 0.261 e. The molecule has 0 aromatic rings. The Kier molecular flexibility index (Phi) is 8.27. The molecule has 0 spiro atoms. The molecule has 14 heavy (non-hydrogen) atoms. The van der Waals surface area contributed by atoms with Gasteiger partial charge in [-0.25, -0.2) is 0 Å².